The number of carbonyl (C=O) groups is 3. The van der Waals surface area contributed by atoms with Crippen molar-refractivity contribution in [3.05, 3.63) is 66.2 Å². The summed E-state index contributed by atoms with van der Waals surface area (Å²) >= 11 is 0. The van der Waals surface area contributed by atoms with Gasteiger partial charge in [-0.05, 0) is 24.6 Å². The fourth-order valence-corrected chi connectivity index (χ4v) is 3.63. The molecule has 2 aromatic rings. The van der Waals surface area contributed by atoms with Crippen molar-refractivity contribution in [2.45, 2.75) is 12.5 Å². The van der Waals surface area contributed by atoms with Gasteiger partial charge in [0.05, 0.1) is 25.8 Å². The van der Waals surface area contributed by atoms with Gasteiger partial charge >= 0.3 is 11.9 Å². The van der Waals surface area contributed by atoms with E-state index in [0.29, 0.717) is 17.0 Å². The van der Waals surface area contributed by atoms with E-state index in [4.69, 9.17) is 9.47 Å². The number of anilines is 1. The number of methoxy groups -OCH3 is 2. The SMILES string of the molecule is COC(=O)[C@@H]1C(c2ccccc2)=N[C@](C)(C(=O)OC)[C@H]1C(=O)Nc1ccccc1. The van der Waals surface area contributed by atoms with E-state index < -0.39 is 35.2 Å². The summed E-state index contributed by atoms with van der Waals surface area (Å²) in [5.74, 6) is -4.07. The zero-order chi connectivity index (χ0) is 21.0. The van der Waals surface area contributed by atoms with Gasteiger partial charge in [0.2, 0.25) is 5.91 Å². The minimum Gasteiger partial charge on any atom is -0.468 e. The molecule has 2 aromatic carbocycles. The molecule has 1 heterocycles. The second-order valence-electron chi connectivity index (χ2n) is 6.84. The minimum absolute atomic E-state index is 0.318. The average molecular weight is 394 g/mol. The van der Waals surface area contributed by atoms with Gasteiger partial charge in [-0.2, -0.15) is 0 Å². The molecule has 3 atom stereocenters. The number of rotatable bonds is 5. The number of esters is 2. The molecular weight excluding hydrogens is 372 g/mol. The molecule has 0 saturated heterocycles. The number of amides is 1. The predicted octanol–water partition coefficient (Wildman–Crippen LogP) is 2.47. The fourth-order valence-electron chi connectivity index (χ4n) is 3.63. The first-order valence-corrected chi connectivity index (χ1v) is 9.09. The molecule has 0 aliphatic carbocycles. The van der Waals surface area contributed by atoms with Crippen molar-refractivity contribution in [1.82, 2.24) is 0 Å². The lowest BCUT2D eigenvalue weighted by atomic mass is 9.77. The van der Waals surface area contributed by atoms with Gasteiger partial charge in [0.25, 0.3) is 0 Å². The van der Waals surface area contributed by atoms with Gasteiger partial charge in [-0.1, -0.05) is 48.5 Å². The maximum atomic E-state index is 13.3. The average Bonchev–Trinajstić information content (AvgIpc) is 3.08. The van der Waals surface area contributed by atoms with Crippen LogP contribution in [0.3, 0.4) is 0 Å². The van der Waals surface area contributed by atoms with Crippen LogP contribution in [-0.4, -0.2) is 43.3 Å². The highest BCUT2D eigenvalue weighted by molar-refractivity contribution is 6.19. The molecule has 1 N–H and O–H groups in total. The Morgan fingerprint density at radius 2 is 1.52 bits per heavy atom. The molecule has 0 spiro atoms. The molecule has 7 heteroatoms. The van der Waals surface area contributed by atoms with E-state index in [2.05, 4.69) is 10.3 Å². The summed E-state index contributed by atoms with van der Waals surface area (Å²) in [6, 6.07) is 17.7. The lowest BCUT2D eigenvalue weighted by Crippen LogP contribution is -2.49. The largest absolute Gasteiger partial charge is 0.468 e. The number of hydrogen-bond donors (Lipinski definition) is 1. The third-order valence-electron chi connectivity index (χ3n) is 5.03. The van der Waals surface area contributed by atoms with Crippen molar-refractivity contribution < 1.29 is 23.9 Å². The van der Waals surface area contributed by atoms with Crippen molar-refractivity contribution in [1.29, 1.82) is 0 Å². The van der Waals surface area contributed by atoms with Crippen molar-refractivity contribution in [3.63, 3.8) is 0 Å². The van der Waals surface area contributed by atoms with Gasteiger partial charge in [0.1, 0.15) is 5.92 Å². The molecule has 0 radical (unpaired) electrons. The van der Waals surface area contributed by atoms with Crippen LogP contribution >= 0.6 is 0 Å². The van der Waals surface area contributed by atoms with Crippen molar-refractivity contribution in [3.8, 4) is 0 Å². The molecule has 1 aliphatic heterocycles. The zero-order valence-corrected chi connectivity index (χ0v) is 16.4. The lowest BCUT2D eigenvalue weighted by molar-refractivity contribution is -0.154. The van der Waals surface area contributed by atoms with Crippen molar-refractivity contribution in [2.75, 3.05) is 19.5 Å². The molecule has 1 amide bonds. The zero-order valence-electron chi connectivity index (χ0n) is 16.4. The molecule has 0 fully saturated rings. The first-order chi connectivity index (χ1) is 13.9. The highest BCUT2D eigenvalue weighted by Gasteiger charge is 2.59. The van der Waals surface area contributed by atoms with Crippen molar-refractivity contribution in [2.24, 2.45) is 16.8 Å². The molecule has 7 nitrogen and oxygen atoms in total. The molecule has 0 unspecified atom stereocenters. The summed E-state index contributed by atoms with van der Waals surface area (Å²) in [5, 5.41) is 2.77. The third kappa shape index (κ3) is 3.76. The van der Waals surface area contributed by atoms with Gasteiger partial charge in [-0.15, -0.1) is 0 Å². The summed E-state index contributed by atoms with van der Waals surface area (Å²) in [6.07, 6.45) is 0. The number of ether oxygens (including phenoxy) is 2. The number of nitrogens with zero attached hydrogens (tertiary/aromatic N) is 1. The van der Waals surface area contributed by atoms with Gasteiger partial charge in [0.15, 0.2) is 5.54 Å². The van der Waals surface area contributed by atoms with Gasteiger partial charge in [0, 0.05) is 5.69 Å². The Balaban J connectivity index is 2.10. The Bertz CT molecular complexity index is 942. The first kappa shape index (κ1) is 20.3. The number of nitrogens with one attached hydrogen (secondary N) is 1. The van der Waals surface area contributed by atoms with E-state index in [1.165, 1.54) is 21.1 Å². The van der Waals surface area contributed by atoms with E-state index in [9.17, 15) is 14.4 Å². The molecule has 0 bridgehead atoms. The molecule has 29 heavy (non-hydrogen) atoms. The van der Waals surface area contributed by atoms with Crippen molar-refractivity contribution >= 4 is 29.2 Å². The Hall–Kier alpha value is -3.48. The van der Waals surface area contributed by atoms with Crippen LogP contribution in [0.4, 0.5) is 5.69 Å². The van der Waals surface area contributed by atoms with Crippen LogP contribution in [-0.2, 0) is 23.9 Å². The number of benzene rings is 2. The van der Waals surface area contributed by atoms with Crippen LogP contribution < -0.4 is 5.32 Å². The fraction of sp³-hybridized carbons (Fsp3) is 0.273. The minimum atomic E-state index is -1.59. The van der Waals surface area contributed by atoms with E-state index in [0.717, 1.165) is 0 Å². The van der Waals surface area contributed by atoms with Gasteiger partial charge in [-0.25, -0.2) is 4.79 Å². The van der Waals surface area contributed by atoms with Crippen LogP contribution in [0.5, 0.6) is 0 Å². The highest BCUT2D eigenvalue weighted by Crippen LogP contribution is 2.41. The van der Waals surface area contributed by atoms with E-state index in [1.807, 2.05) is 12.1 Å². The van der Waals surface area contributed by atoms with E-state index in [-0.39, 0.29) is 0 Å². The molecule has 3 rings (SSSR count). The standard InChI is InChI=1S/C22H22N2O5/c1-22(21(27)29-3)17(19(25)23-15-12-8-5-9-13-15)16(20(26)28-2)18(24-22)14-10-6-4-7-11-14/h4-13,16-17H,1-3H3,(H,23,25)/t16-,17+,22-/m0/s1. The monoisotopic (exact) mass is 394 g/mol. The Kier molecular flexibility index (Phi) is 5.77. The highest BCUT2D eigenvalue weighted by atomic mass is 16.5. The van der Waals surface area contributed by atoms with E-state index >= 15 is 0 Å². The predicted molar refractivity (Wildman–Crippen MR) is 107 cm³/mol. The molecule has 0 aromatic heterocycles. The third-order valence-corrected chi connectivity index (χ3v) is 5.03. The smallest absolute Gasteiger partial charge is 0.334 e. The van der Waals surface area contributed by atoms with Crippen LogP contribution in [0.15, 0.2) is 65.7 Å². The molecule has 0 saturated carbocycles. The normalized spacial score (nSPS) is 23.1. The second-order valence-corrected chi connectivity index (χ2v) is 6.84. The first-order valence-electron chi connectivity index (χ1n) is 9.09. The maximum absolute atomic E-state index is 13.3. The van der Waals surface area contributed by atoms with Crippen LogP contribution in [0.1, 0.15) is 12.5 Å². The molecular formula is C22H22N2O5. The Morgan fingerprint density at radius 1 is 0.931 bits per heavy atom. The Labute approximate surface area is 168 Å². The number of hydrogen-bond acceptors (Lipinski definition) is 6. The second kappa shape index (κ2) is 8.26. The topological polar surface area (TPSA) is 94.1 Å². The Morgan fingerprint density at radius 3 is 2.07 bits per heavy atom. The van der Waals surface area contributed by atoms with Gasteiger partial charge < -0.3 is 14.8 Å². The maximum Gasteiger partial charge on any atom is 0.334 e. The van der Waals surface area contributed by atoms with E-state index in [1.54, 1.807) is 48.5 Å². The van der Waals surface area contributed by atoms with Crippen LogP contribution in [0, 0.1) is 11.8 Å². The molecule has 150 valence electrons. The quantitative estimate of drug-likeness (QED) is 0.787. The van der Waals surface area contributed by atoms with Crippen LogP contribution in [0.2, 0.25) is 0 Å². The summed E-state index contributed by atoms with van der Waals surface area (Å²) in [5.41, 5.74) is -0.0921. The summed E-state index contributed by atoms with van der Waals surface area (Å²) in [6.45, 7) is 1.50. The number of para-hydroxylation sites is 1. The molecule has 1 aliphatic rings. The summed E-state index contributed by atoms with van der Waals surface area (Å²) in [4.78, 5) is 43.2. The van der Waals surface area contributed by atoms with Crippen LogP contribution in [0.25, 0.3) is 0 Å². The number of carbonyl (C=O) groups excluding carboxylic acids is 3. The summed E-state index contributed by atoms with van der Waals surface area (Å²) in [7, 11) is 2.47. The number of aliphatic imine (C=N–C) groups is 1. The lowest BCUT2D eigenvalue weighted by Gasteiger charge is -2.28. The van der Waals surface area contributed by atoms with Gasteiger partial charge in [-0.3, -0.25) is 14.6 Å². The summed E-state index contributed by atoms with van der Waals surface area (Å²) < 4.78 is 9.91.